The quantitative estimate of drug-likeness (QED) is 0.199. The molecular formula is C35H52N8O7S2Si. The van der Waals surface area contributed by atoms with E-state index in [1.165, 1.54) is 14.7 Å². The first kappa shape index (κ1) is 39.4. The molecule has 0 bridgehead atoms. The van der Waals surface area contributed by atoms with Crippen molar-refractivity contribution in [2.75, 3.05) is 50.1 Å². The van der Waals surface area contributed by atoms with Gasteiger partial charge in [-0.25, -0.2) is 35.4 Å². The van der Waals surface area contributed by atoms with Gasteiger partial charge in [-0.05, 0) is 61.2 Å². The van der Waals surface area contributed by atoms with E-state index in [9.17, 15) is 21.6 Å². The van der Waals surface area contributed by atoms with E-state index in [1.54, 1.807) is 16.8 Å². The number of nitrogens with two attached hydrogens (primary N) is 1. The number of sulfonamides is 2. The van der Waals surface area contributed by atoms with Crippen LogP contribution < -0.4 is 16.6 Å². The lowest BCUT2D eigenvalue weighted by atomic mass is 9.95. The molecule has 0 radical (unpaired) electrons. The number of piperidine rings is 2. The SMILES string of the molecule is CC(C)(C)[Si](C)(C)OCCc1nc2ccc(Cn3c(=O)ccc4cnc(NC5CCN(S(C)(=O)=O)CC5CS(=O)(=O)N5CCC(N)CC5)nc43)cc2o1. The lowest BCUT2D eigenvalue weighted by molar-refractivity contribution is 0.257. The van der Waals surface area contributed by atoms with Gasteiger partial charge in [-0.15, -0.1) is 0 Å². The Morgan fingerprint density at radius 1 is 1.02 bits per heavy atom. The van der Waals surface area contributed by atoms with E-state index in [4.69, 9.17) is 19.6 Å². The highest BCUT2D eigenvalue weighted by Gasteiger charge is 2.39. The molecule has 0 spiro atoms. The number of oxazole rings is 1. The molecule has 2 fully saturated rings. The normalized spacial score (nSPS) is 20.4. The highest BCUT2D eigenvalue weighted by Crippen LogP contribution is 2.36. The van der Waals surface area contributed by atoms with E-state index in [1.807, 2.05) is 18.2 Å². The molecule has 2 unspecified atom stereocenters. The molecule has 2 saturated heterocycles. The second kappa shape index (κ2) is 15.1. The van der Waals surface area contributed by atoms with Crippen molar-refractivity contribution in [2.45, 2.75) is 83.2 Å². The van der Waals surface area contributed by atoms with Gasteiger partial charge in [0.25, 0.3) is 5.56 Å². The van der Waals surface area contributed by atoms with Crippen LogP contribution in [0.3, 0.4) is 0 Å². The van der Waals surface area contributed by atoms with Crippen molar-refractivity contribution in [3.05, 3.63) is 58.3 Å². The topological polar surface area (TPSA) is 196 Å². The summed E-state index contributed by atoms with van der Waals surface area (Å²) in [7, 11) is -9.14. The first-order valence-electron chi connectivity index (χ1n) is 18.1. The Morgan fingerprint density at radius 3 is 2.43 bits per heavy atom. The van der Waals surface area contributed by atoms with Crippen molar-refractivity contribution in [1.29, 1.82) is 0 Å². The lowest BCUT2D eigenvalue weighted by Gasteiger charge is -2.39. The van der Waals surface area contributed by atoms with Crippen LogP contribution in [0.4, 0.5) is 5.95 Å². The minimum atomic E-state index is -3.70. The summed E-state index contributed by atoms with van der Waals surface area (Å²) in [5.74, 6) is -0.000326. The zero-order valence-corrected chi connectivity index (χ0v) is 34.0. The first-order chi connectivity index (χ1) is 24.8. The van der Waals surface area contributed by atoms with Gasteiger partial charge in [0, 0.05) is 74.9 Å². The van der Waals surface area contributed by atoms with Crippen LogP contribution in [-0.2, 0) is 37.4 Å². The largest absolute Gasteiger partial charge is 0.441 e. The average Bonchev–Trinajstić information content (AvgIpc) is 3.48. The molecule has 2 aliphatic heterocycles. The Labute approximate surface area is 312 Å². The Kier molecular flexibility index (Phi) is 11.2. The Bertz CT molecular complexity index is 2230. The molecule has 0 aliphatic carbocycles. The third kappa shape index (κ3) is 9.17. The summed E-state index contributed by atoms with van der Waals surface area (Å²) < 4.78 is 68.9. The Hall–Kier alpha value is -3.26. The Morgan fingerprint density at radius 2 is 1.74 bits per heavy atom. The summed E-state index contributed by atoms with van der Waals surface area (Å²) >= 11 is 0. The van der Waals surface area contributed by atoms with Gasteiger partial charge >= 0.3 is 0 Å². The number of benzene rings is 1. The van der Waals surface area contributed by atoms with E-state index < -0.39 is 40.3 Å². The molecule has 53 heavy (non-hydrogen) atoms. The molecule has 0 amide bonds. The molecule has 2 atom stereocenters. The van der Waals surface area contributed by atoms with Gasteiger partial charge in [0.2, 0.25) is 26.0 Å². The van der Waals surface area contributed by atoms with Crippen LogP contribution in [0.25, 0.3) is 22.1 Å². The smallest absolute Gasteiger partial charge is 0.252 e. The molecule has 2 aliphatic rings. The van der Waals surface area contributed by atoms with Crippen molar-refractivity contribution >= 4 is 56.4 Å². The molecule has 0 saturated carbocycles. The molecule has 3 N–H and O–H groups in total. The van der Waals surface area contributed by atoms with E-state index >= 15 is 0 Å². The zero-order chi connectivity index (χ0) is 38.3. The minimum Gasteiger partial charge on any atom is -0.441 e. The maximum atomic E-state index is 13.5. The zero-order valence-electron chi connectivity index (χ0n) is 31.4. The van der Waals surface area contributed by atoms with Gasteiger partial charge < -0.3 is 19.9 Å². The number of aromatic nitrogens is 4. The van der Waals surface area contributed by atoms with Gasteiger partial charge in [-0.3, -0.25) is 9.36 Å². The van der Waals surface area contributed by atoms with Crippen molar-refractivity contribution < 1.29 is 25.7 Å². The maximum Gasteiger partial charge on any atom is 0.252 e. The Balaban J connectivity index is 1.21. The third-order valence-electron chi connectivity index (χ3n) is 10.9. The first-order valence-corrected chi connectivity index (χ1v) is 24.5. The second-order valence-electron chi connectivity index (χ2n) is 15.9. The number of fused-ring (bicyclic) bond motifs is 2. The molecule has 4 aromatic rings. The number of pyridine rings is 1. The van der Waals surface area contributed by atoms with Crippen molar-refractivity contribution in [3.8, 4) is 0 Å². The fourth-order valence-corrected chi connectivity index (χ4v) is 10.5. The number of hydrogen-bond acceptors (Lipinski definition) is 12. The van der Waals surface area contributed by atoms with Crippen LogP contribution in [-0.4, -0.2) is 110 Å². The van der Waals surface area contributed by atoms with Gasteiger partial charge in [0.1, 0.15) is 11.2 Å². The van der Waals surface area contributed by atoms with E-state index in [-0.39, 0.29) is 48.0 Å². The van der Waals surface area contributed by atoms with Crippen molar-refractivity contribution in [3.63, 3.8) is 0 Å². The second-order valence-corrected chi connectivity index (χ2v) is 24.7. The summed E-state index contributed by atoms with van der Waals surface area (Å²) in [6, 6.07) is 8.33. The number of nitrogens with one attached hydrogen (secondary N) is 1. The molecule has 1 aromatic carbocycles. The predicted octanol–water partition coefficient (Wildman–Crippen LogP) is 3.36. The minimum absolute atomic E-state index is 0.0328. The molecule has 3 aromatic heterocycles. The lowest BCUT2D eigenvalue weighted by Crippen LogP contribution is -2.52. The summed E-state index contributed by atoms with van der Waals surface area (Å²) in [6.07, 6.45) is 4.81. The van der Waals surface area contributed by atoms with Crippen molar-refractivity contribution in [1.82, 2.24) is 28.1 Å². The van der Waals surface area contributed by atoms with Gasteiger partial charge in [-0.2, -0.15) is 4.98 Å². The fourth-order valence-electron chi connectivity index (χ4n) is 6.66. The molecule has 290 valence electrons. The molecule has 18 heteroatoms. The molecule has 5 heterocycles. The predicted molar refractivity (Wildman–Crippen MR) is 208 cm³/mol. The van der Waals surface area contributed by atoms with E-state index in [0.717, 1.165) is 17.3 Å². The summed E-state index contributed by atoms with van der Waals surface area (Å²) in [5.41, 5.74) is 8.31. The van der Waals surface area contributed by atoms with Crippen molar-refractivity contribution in [2.24, 2.45) is 11.7 Å². The van der Waals surface area contributed by atoms with Crippen LogP contribution in [0.1, 0.15) is 51.5 Å². The van der Waals surface area contributed by atoms with Gasteiger partial charge in [0.05, 0.1) is 18.6 Å². The summed E-state index contributed by atoms with van der Waals surface area (Å²) in [6.45, 7) is 12.7. The standard InChI is InChI=1S/C35H52N8O7S2Si/c1-35(2,3)53(5,6)49-18-14-31-38-29-9-7-24(19-30(29)50-31)21-43-32(44)10-8-25-20-37-34(40-33(25)43)39-28-13-17-42(51(4,45)46)22-26(28)23-52(47,48)41-15-11-27(36)12-16-41/h7-10,19-20,26-28H,11-18,21-23,36H2,1-6H3,(H,37,39,40). The molecule has 6 rings (SSSR count). The van der Waals surface area contributed by atoms with Gasteiger partial charge in [-0.1, -0.05) is 26.8 Å². The highest BCUT2D eigenvalue weighted by molar-refractivity contribution is 7.89. The van der Waals surface area contributed by atoms with E-state index in [0.29, 0.717) is 67.9 Å². The number of nitrogens with zero attached hydrogens (tertiary/aromatic N) is 6. The average molecular weight is 789 g/mol. The van der Waals surface area contributed by atoms with Crippen LogP contribution in [0.15, 0.2) is 45.7 Å². The number of hydrogen-bond donors (Lipinski definition) is 2. The number of anilines is 1. The van der Waals surface area contributed by atoms with Crippen LogP contribution in [0.2, 0.25) is 18.1 Å². The third-order valence-corrected chi connectivity index (χ3v) is 18.8. The van der Waals surface area contributed by atoms with E-state index in [2.05, 4.69) is 49.1 Å². The maximum absolute atomic E-state index is 13.5. The number of rotatable bonds is 12. The fraction of sp³-hybridized carbons (Fsp3) is 0.600. The monoisotopic (exact) mass is 788 g/mol. The molecule has 15 nitrogen and oxygen atoms in total. The summed E-state index contributed by atoms with van der Waals surface area (Å²) in [5, 5.41) is 4.06. The van der Waals surface area contributed by atoms with Crippen LogP contribution in [0, 0.1) is 5.92 Å². The van der Waals surface area contributed by atoms with Gasteiger partial charge in [0.15, 0.2) is 19.8 Å². The molecular weight excluding hydrogens is 737 g/mol. The summed E-state index contributed by atoms with van der Waals surface area (Å²) in [4.78, 5) is 27.2. The highest BCUT2D eigenvalue weighted by atomic mass is 32.2. The van der Waals surface area contributed by atoms with Crippen LogP contribution >= 0.6 is 0 Å². The van der Waals surface area contributed by atoms with Crippen LogP contribution in [0.5, 0.6) is 0 Å².